The fraction of sp³-hybridized carbons (Fsp3) is 0.192. The largest absolute Gasteiger partial charge is 0.497 e. The first kappa shape index (κ1) is 26.8. The maximum atomic E-state index is 14.6. The molecule has 0 spiro atoms. The van der Waals surface area contributed by atoms with Crippen molar-refractivity contribution in [3.63, 3.8) is 0 Å². The third kappa shape index (κ3) is 5.53. The number of nitrogens with zero attached hydrogens (tertiary/aromatic N) is 5. The van der Waals surface area contributed by atoms with Gasteiger partial charge in [-0.2, -0.15) is 10.5 Å². The number of aliphatic hydroxyl groups excluding tert-OH is 1. The first-order chi connectivity index (χ1) is 18.4. The summed E-state index contributed by atoms with van der Waals surface area (Å²) < 4.78 is 25.0. The summed E-state index contributed by atoms with van der Waals surface area (Å²) in [5, 5.41) is 29.6. The van der Waals surface area contributed by atoms with Crippen molar-refractivity contribution in [3.05, 3.63) is 64.0 Å². The molecule has 4 rings (SSSR count). The number of hydrogen-bond acceptors (Lipinski definition) is 11. The number of anilines is 1. The van der Waals surface area contributed by atoms with Crippen LogP contribution in [0.3, 0.4) is 0 Å². The average Bonchev–Trinajstić information content (AvgIpc) is 3.30. The lowest BCUT2D eigenvalue weighted by Crippen LogP contribution is -2.05. The van der Waals surface area contributed by atoms with Gasteiger partial charge in [0.1, 0.15) is 51.7 Å². The fourth-order valence-electron chi connectivity index (χ4n) is 3.57. The third-order valence-electron chi connectivity index (χ3n) is 5.43. The number of nitrogens with two attached hydrogens (primary N) is 1. The van der Waals surface area contributed by atoms with Crippen molar-refractivity contribution in [2.24, 2.45) is 0 Å². The number of nitriles is 2. The number of aromatic nitrogens is 3. The molecule has 3 aromatic heterocycles. The number of methoxy groups -OCH3 is 1. The second-order valence-corrected chi connectivity index (χ2v) is 9.93. The van der Waals surface area contributed by atoms with Crippen molar-refractivity contribution in [1.82, 2.24) is 15.0 Å². The Hall–Kier alpha value is -4.23. The molecule has 0 amide bonds. The van der Waals surface area contributed by atoms with Crippen LogP contribution in [0, 0.1) is 35.4 Å². The number of thioether (sulfide) groups is 1. The Bertz CT molecular complexity index is 1560. The van der Waals surface area contributed by atoms with E-state index in [1.165, 1.54) is 42.5 Å². The van der Waals surface area contributed by atoms with Crippen LogP contribution in [0.5, 0.6) is 11.6 Å². The SMILES string of the molecule is COc1ccc(-c2nc(CSc3nc(N)c(C#N)c(-c4ccc(OCCO)nc4)c3C#N)c(C)s2)c(F)c1. The van der Waals surface area contributed by atoms with Crippen LogP contribution in [-0.2, 0) is 5.75 Å². The molecule has 0 aliphatic carbocycles. The summed E-state index contributed by atoms with van der Waals surface area (Å²) in [5.74, 6) is 0.609. The van der Waals surface area contributed by atoms with E-state index in [0.717, 1.165) is 4.88 Å². The average molecular weight is 549 g/mol. The van der Waals surface area contributed by atoms with E-state index in [4.69, 9.17) is 20.3 Å². The predicted molar refractivity (Wildman–Crippen MR) is 142 cm³/mol. The monoisotopic (exact) mass is 548 g/mol. The van der Waals surface area contributed by atoms with E-state index in [-0.39, 0.29) is 30.2 Å². The van der Waals surface area contributed by atoms with Crippen LogP contribution in [0.1, 0.15) is 21.7 Å². The molecule has 4 aromatic rings. The van der Waals surface area contributed by atoms with Crippen molar-refractivity contribution in [1.29, 1.82) is 10.5 Å². The van der Waals surface area contributed by atoms with Crippen LogP contribution in [0.4, 0.5) is 10.2 Å². The number of nitrogen functional groups attached to an aromatic ring is 1. The summed E-state index contributed by atoms with van der Waals surface area (Å²) in [5.41, 5.74) is 8.26. The first-order valence-corrected chi connectivity index (χ1v) is 13.0. The second kappa shape index (κ2) is 11.9. The van der Waals surface area contributed by atoms with Crippen LogP contribution in [0.2, 0.25) is 0 Å². The highest BCUT2D eigenvalue weighted by atomic mass is 32.2. The molecule has 0 bridgehead atoms. The van der Waals surface area contributed by atoms with Gasteiger partial charge >= 0.3 is 0 Å². The first-order valence-electron chi connectivity index (χ1n) is 11.2. The molecule has 0 saturated carbocycles. The van der Waals surface area contributed by atoms with Crippen molar-refractivity contribution >= 4 is 28.9 Å². The molecular formula is C26H21FN6O3S2. The molecule has 0 fully saturated rings. The summed E-state index contributed by atoms with van der Waals surface area (Å²) >= 11 is 2.61. The quantitative estimate of drug-likeness (QED) is 0.281. The molecule has 0 radical (unpaired) electrons. The molecule has 38 heavy (non-hydrogen) atoms. The summed E-state index contributed by atoms with van der Waals surface area (Å²) in [7, 11) is 1.47. The zero-order chi connectivity index (χ0) is 27.2. The normalized spacial score (nSPS) is 10.6. The highest BCUT2D eigenvalue weighted by molar-refractivity contribution is 7.98. The number of pyridine rings is 2. The van der Waals surface area contributed by atoms with Gasteiger partial charge in [0.2, 0.25) is 5.88 Å². The van der Waals surface area contributed by atoms with Crippen molar-refractivity contribution in [2.45, 2.75) is 17.7 Å². The van der Waals surface area contributed by atoms with E-state index in [2.05, 4.69) is 21.0 Å². The van der Waals surface area contributed by atoms with E-state index in [9.17, 15) is 14.9 Å². The Morgan fingerprint density at radius 2 is 1.95 bits per heavy atom. The lowest BCUT2D eigenvalue weighted by Gasteiger charge is -2.13. The standard InChI is InChI=1S/C26H21FN6O3S2/c1-14-21(32-26(38-14)17-5-4-16(35-2)9-20(17)27)13-37-25-19(11-29)23(18(10-28)24(30)33-25)15-3-6-22(31-12-15)36-8-7-34/h3-6,9,12,34H,7-8,13H2,1-2H3,(H2,30,33). The van der Waals surface area contributed by atoms with Gasteiger partial charge in [0, 0.05) is 45.6 Å². The van der Waals surface area contributed by atoms with Crippen LogP contribution in [0.25, 0.3) is 21.7 Å². The lowest BCUT2D eigenvalue weighted by atomic mass is 9.98. The summed E-state index contributed by atoms with van der Waals surface area (Å²) in [6.07, 6.45) is 1.47. The minimum Gasteiger partial charge on any atom is -0.497 e. The topological polar surface area (TPSA) is 151 Å². The number of rotatable bonds is 9. The number of halogens is 1. The Kier molecular flexibility index (Phi) is 8.38. The summed E-state index contributed by atoms with van der Waals surface area (Å²) in [4.78, 5) is 14.0. The second-order valence-electron chi connectivity index (χ2n) is 7.76. The summed E-state index contributed by atoms with van der Waals surface area (Å²) in [6, 6.07) is 12.0. The predicted octanol–water partition coefficient (Wildman–Crippen LogP) is 4.71. The van der Waals surface area contributed by atoms with Gasteiger partial charge in [0.25, 0.3) is 0 Å². The molecule has 1 aromatic carbocycles. The maximum absolute atomic E-state index is 14.6. The zero-order valence-electron chi connectivity index (χ0n) is 20.4. The Labute approximate surface area is 226 Å². The molecule has 9 nitrogen and oxygen atoms in total. The Morgan fingerprint density at radius 3 is 2.58 bits per heavy atom. The molecule has 0 atom stereocenters. The molecule has 3 heterocycles. The van der Waals surface area contributed by atoms with Gasteiger partial charge in [0.15, 0.2) is 0 Å². The van der Waals surface area contributed by atoms with Crippen LogP contribution in [0.15, 0.2) is 41.6 Å². The third-order valence-corrected chi connectivity index (χ3v) is 7.46. The van der Waals surface area contributed by atoms with Crippen molar-refractivity contribution in [2.75, 3.05) is 26.1 Å². The minimum absolute atomic E-state index is 0.0133. The highest BCUT2D eigenvalue weighted by Crippen LogP contribution is 2.38. The number of aryl methyl sites for hydroxylation is 1. The van der Waals surface area contributed by atoms with Gasteiger partial charge in [-0.05, 0) is 25.1 Å². The molecule has 3 N–H and O–H groups in total. The zero-order valence-corrected chi connectivity index (χ0v) is 22.0. The van der Waals surface area contributed by atoms with Crippen LogP contribution in [-0.4, -0.2) is 40.4 Å². The molecule has 0 unspecified atom stereocenters. The van der Waals surface area contributed by atoms with Crippen molar-refractivity contribution in [3.8, 4) is 45.5 Å². The summed E-state index contributed by atoms with van der Waals surface area (Å²) in [6.45, 7) is 1.82. The smallest absolute Gasteiger partial charge is 0.213 e. The van der Waals surface area contributed by atoms with Gasteiger partial charge < -0.3 is 20.3 Å². The van der Waals surface area contributed by atoms with Gasteiger partial charge in [0.05, 0.1) is 25.0 Å². The number of ether oxygens (including phenoxy) is 2. The molecular weight excluding hydrogens is 527 g/mol. The van der Waals surface area contributed by atoms with Crippen LogP contribution >= 0.6 is 23.1 Å². The number of benzene rings is 1. The number of thiazole rings is 1. The van der Waals surface area contributed by atoms with E-state index in [0.29, 0.717) is 49.8 Å². The Balaban J connectivity index is 1.66. The highest BCUT2D eigenvalue weighted by Gasteiger charge is 2.22. The van der Waals surface area contributed by atoms with E-state index in [1.54, 1.807) is 24.3 Å². The Morgan fingerprint density at radius 1 is 1.16 bits per heavy atom. The number of hydrogen-bond donors (Lipinski definition) is 2. The molecule has 0 aliphatic rings. The molecule has 0 aliphatic heterocycles. The van der Waals surface area contributed by atoms with Crippen LogP contribution < -0.4 is 15.2 Å². The minimum atomic E-state index is -0.434. The maximum Gasteiger partial charge on any atom is 0.213 e. The number of aliphatic hydroxyl groups is 1. The van der Waals surface area contributed by atoms with Crippen molar-refractivity contribution < 1.29 is 19.0 Å². The molecule has 192 valence electrons. The van der Waals surface area contributed by atoms with Gasteiger partial charge in [-0.3, -0.25) is 0 Å². The van der Waals surface area contributed by atoms with Gasteiger partial charge in [-0.1, -0.05) is 11.8 Å². The van der Waals surface area contributed by atoms with E-state index < -0.39 is 5.82 Å². The van der Waals surface area contributed by atoms with E-state index in [1.807, 2.05) is 13.0 Å². The van der Waals surface area contributed by atoms with Gasteiger partial charge in [-0.25, -0.2) is 19.3 Å². The van der Waals surface area contributed by atoms with Gasteiger partial charge in [-0.15, -0.1) is 11.3 Å². The van der Waals surface area contributed by atoms with E-state index >= 15 is 0 Å². The lowest BCUT2D eigenvalue weighted by molar-refractivity contribution is 0.196. The molecule has 0 saturated heterocycles. The molecule has 12 heteroatoms. The fourth-order valence-corrected chi connectivity index (χ4v) is 5.62.